The minimum atomic E-state index is -1.10. The van der Waals surface area contributed by atoms with Crippen molar-refractivity contribution < 1.29 is 15.0 Å². The van der Waals surface area contributed by atoms with Gasteiger partial charge in [0.2, 0.25) is 0 Å². The highest BCUT2D eigenvalue weighted by Gasteiger charge is 2.28. The molecule has 2 aromatic rings. The fourth-order valence-corrected chi connectivity index (χ4v) is 3.10. The molecule has 0 atom stereocenters. The molecule has 5 nitrogen and oxygen atoms in total. The molecule has 0 aliphatic heterocycles. The van der Waals surface area contributed by atoms with Crippen molar-refractivity contribution >= 4 is 17.3 Å². The van der Waals surface area contributed by atoms with Crippen molar-refractivity contribution in [3.05, 3.63) is 41.0 Å². The van der Waals surface area contributed by atoms with Crippen molar-refractivity contribution in [1.29, 1.82) is 0 Å². The molecule has 0 aliphatic rings. The van der Waals surface area contributed by atoms with Crippen LogP contribution in [0.2, 0.25) is 0 Å². The van der Waals surface area contributed by atoms with Gasteiger partial charge in [-0.05, 0) is 40.7 Å². The normalized spacial score (nSPS) is 12.2. The summed E-state index contributed by atoms with van der Waals surface area (Å²) in [6, 6.07) is 6.61. The summed E-state index contributed by atoms with van der Waals surface area (Å²) in [5, 5.41) is 20.5. The van der Waals surface area contributed by atoms with Gasteiger partial charge in [0.15, 0.2) is 0 Å². The highest BCUT2D eigenvalue weighted by Crippen LogP contribution is 2.43. The van der Waals surface area contributed by atoms with Crippen molar-refractivity contribution in [1.82, 2.24) is 0 Å². The molecule has 6 N–H and O–H groups in total. The van der Waals surface area contributed by atoms with E-state index in [4.69, 9.17) is 11.5 Å². The Morgan fingerprint density at radius 1 is 0.885 bits per heavy atom. The van der Waals surface area contributed by atoms with Crippen LogP contribution >= 0.6 is 0 Å². The molecule has 2 rings (SSSR count). The van der Waals surface area contributed by atoms with E-state index in [1.165, 1.54) is 6.07 Å². The second-order valence-electron chi connectivity index (χ2n) is 8.76. The van der Waals surface area contributed by atoms with Crippen LogP contribution < -0.4 is 11.5 Å². The number of phenols is 1. The number of nitrogens with two attached hydrogens (primary N) is 2. The Bertz CT molecular complexity index is 837. The SMILES string of the molecule is CC(C)(C)c1cc(-c2c(N)cc(N)cc2C(=O)O)cc(C(C)(C)C)c1O. The monoisotopic (exact) mass is 356 g/mol. The van der Waals surface area contributed by atoms with Crippen LogP contribution in [0, 0.1) is 0 Å². The Morgan fingerprint density at radius 3 is 1.73 bits per heavy atom. The van der Waals surface area contributed by atoms with Crippen LogP contribution in [0.4, 0.5) is 11.4 Å². The van der Waals surface area contributed by atoms with Crippen LogP contribution in [0.25, 0.3) is 11.1 Å². The van der Waals surface area contributed by atoms with E-state index in [-0.39, 0.29) is 22.1 Å². The van der Waals surface area contributed by atoms with Gasteiger partial charge in [0.1, 0.15) is 5.75 Å². The zero-order valence-corrected chi connectivity index (χ0v) is 16.3. The summed E-state index contributed by atoms with van der Waals surface area (Å²) in [6.07, 6.45) is 0. The number of aromatic carboxylic acids is 1. The Balaban J connectivity index is 2.95. The molecule has 140 valence electrons. The second kappa shape index (κ2) is 6.24. The second-order valence-corrected chi connectivity index (χ2v) is 8.76. The first kappa shape index (κ1) is 19.6. The quantitative estimate of drug-likeness (QED) is 0.592. The van der Waals surface area contributed by atoms with E-state index in [1.807, 2.05) is 53.7 Å². The molecule has 0 fully saturated rings. The lowest BCUT2D eigenvalue weighted by atomic mass is 9.77. The third-order valence-electron chi connectivity index (χ3n) is 4.44. The predicted octanol–water partition coefficient (Wildman–Crippen LogP) is 4.52. The number of hydrogen-bond acceptors (Lipinski definition) is 4. The highest BCUT2D eigenvalue weighted by atomic mass is 16.4. The third kappa shape index (κ3) is 3.62. The van der Waals surface area contributed by atoms with Gasteiger partial charge in [-0.25, -0.2) is 4.79 Å². The molecule has 0 amide bonds. The number of carbonyl (C=O) groups is 1. The van der Waals surface area contributed by atoms with E-state index in [0.29, 0.717) is 22.5 Å². The first-order valence-electron chi connectivity index (χ1n) is 8.54. The maximum atomic E-state index is 11.8. The van der Waals surface area contributed by atoms with Gasteiger partial charge < -0.3 is 21.7 Å². The van der Waals surface area contributed by atoms with Gasteiger partial charge in [0.05, 0.1) is 5.56 Å². The van der Waals surface area contributed by atoms with E-state index in [2.05, 4.69) is 0 Å². The fraction of sp³-hybridized carbons (Fsp3) is 0.381. The lowest BCUT2D eigenvalue weighted by Gasteiger charge is -2.28. The van der Waals surface area contributed by atoms with Gasteiger partial charge >= 0.3 is 5.97 Å². The van der Waals surface area contributed by atoms with Gasteiger partial charge in [0.25, 0.3) is 0 Å². The van der Waals surface area contributed by atoms with Gasteiger partial charge in [-0.2, -0.15) is 0 Å². The van der Waals surface area contributed by atoms with Crippen molar-refractivity contribution in [3.8, 4) is 16.9 Å². The summed E-state index contributed by atoms with van der Waals surface area (Å²) in [4.78, 5) is 11.8. The van der Waals surface area contributed by atoms with Gasteiger partial charge in [-0.3, -0.25) is 0 Å². The van der Waals surface area contributed by atoms with Crippen molar-refractivity contribution in [2.24, 2.45) is 0 Å². The van der Waals surface area contributed by atoms with Crippen LogP contribution in [0.15, 0.2) is 24.3 Å². The molecule has 0 saturated carbocycles. The summed E-state index contributed by atoms with van der Waals surface area (Å²) < 4.78 is 0. The topological polar surface area (TPSA) is 110 Å². The van der Waals surface area contributed by atoms with E-state index >= 15 is 0 Å². The third-order valence-corrected chi connectivity index (χ3v) is 4.44. The van der Waals surface area contributed by atoms with Gasteiger partial charge in [0, 0.05) is 28.1 Å². The number of benzene rings is 2. The summed E-state index contributed by atoms with van der Waals surface area (Å²) in [6.45, 7) is 12.0. The van der Waals surface area contributed by atoms with E-state index < -0.39 is 5.97 Å². The van der Waals surface area contributed by atoms with Gasteiger partial charge in [-0.1, -0.05) is 41.5 Å². The molecule has 5 heteroatoms. The predicted molar refractivity (Wildman–Crippen MR) is 107 cm³/mol. The van der Waals surface area contributed by atoms with Crippen molar-refractivity contribution in [3.63, 3.8) is 0 Å². The Kier molecular flexibility index (Phi) is 4.71. The Labute approximate surface area is 154 Å². The average Bonchev–Trinajstić information content (AvgIpc) is 2.44. The number of carboxylic acid groups (broad SMARTS) is 1. The van der Waals surface area contributed by atoms with Crippen molar-refractivity contribution in [2.45, 2.75) is 52.4 Å². The van der Waals surface area contributed by atoms with Crippen LogP contribution in [0.3, 0.4) is 0 Å². The number of phenolic OH excluding ortho intramolecular Hbond substituents is 1. The molecule has 0 aromatic heterocycles. The minimum absolute atomic E-state index is 0.0490. The number of anilines is 2. The Hall–Kier alpha value is -2.69. The highest BCUT2D eigenvalue weighted by molar-refractivity contribution is 6.01. The summed E-state index contributed by atoms with van der Waals surface area (Å²) in [7, 11) is 0. The molecule has 0 bridgehead atoms. The van der Waals surface area contributed by atoms with Crippen LogP contribution in [0.5, 0.6) is 5.75 Å². The Morgan fingerprint density at radius 2 is 1.35 bits per heavy atom. The molecule has 0 saturated heterocycles. The van der Waals surface area contributed by atoms with Crippen LogP contribution in [-0.4, -0.2) is 16.2 Å². The largest absolute Gasteiger partial charge is 0.507 e. The maximum absolute atomic E-state index is 11.8. The summed E-state index contributed by atoms with van der Waals surface area (Å²) in [5.41, 5.74) is 14.5. The molecule has 2 aromatic carbocycles. The maximum Gasteiger partial charge on any atom is 0.336 e. The van der Waals surface area contributed by atoms with E-state index in [9.17, 15) is 15.0 Å². The fourth-order valence-electron chi connectivity index (χ4n) is 3.10. The molecule has 0 spiro atoms. The molecule has 0 unspecified atom stereocenters. The molecule has 0 aliphatic carbocycles. The number of rotatable bonds is 2. The molecular formula is C21H28N2O3. The number of hydrogen-bond donors (Lipinski definition) is 4. The lowest BCUT2D eigenvalue weighted by Crippen LogP contribution is -2.17. The summed E-state index contributed by atoms with van der Waals surface area (Å²) in [5.74, 6) is -0.860. The lowest BCUT2D eigenvalue weighted by molar-refractivity contribution is 0.0698. The number of carboxylic acids is 1. The average molecular weight is 356 g/mol. The summed E-state index contributed by atoms with van der Waals surface area (Å²) >= 11 is 0. The van der Waals surface area contributed by atoms with E-state index in [0.717, 1.165) is 11.1 Å². The first-order valence-corrected chi connectivity index (χ1v) is 8.54. The first-order chi connectivity index (χ1) is 11.7. The van der Waals surface area contributed by atoms with E-state index in [1.54, 1.807) is 6.07 Å². The molecule has 0 heterocycles. The van der Waals surface area contributed by atoms with Gasteiger partial charge in [-0.15, -0.1) is 0 Å². The zero-order valence-electron chi connectivity index (χ0n) is 16.3. The minimum Gasteiger partial charge on any atom is -0.507 e. The number of aromatic hydroxyl groups is 1. The number of nitrogen functional groups attached to an aromatic ring is 2. The van der Waals surface area contributed by atoms with Crippen molar-refractivity contribution in [2.75, 3.05) is 11.5 Å². The van der Waals surface area contributed by atoms with Crippen LogP contribution in [0.1, 0.15) is 63.0 Å². The zero-order chi connectivity index (χ0) is 20.0. The smallest absolute Gasteiger partial charge is 0.336 e. The van der Waals surface area contributed by atoms with Crippen LogP contribution in [-0.2, 0) is 10.8 Å². The standard InChI is InChI=1S/C21H28N2O3/c1-20(2,3)14-7-11(8-15(18(14)24)21(4,5)6)17-13(19(25)26)9-12(22)10-16(17)23/h7-10,24H,22-23H2,1-6H3,(H,25,26). The molecular weight excluding hydrogens is 328 g/mol. The molecule has 26 heavy (non-hydrogen) atoms. The molecule has 0 radical (unpaired) electrons.